The third kappa shape index (κ3) is 12.1. The Morgan fingerprint density at radius 2 is 1.11 bits per heavy atom. The summed E-state index contributed by atoms with van der Waals surface area (Å²) in [6.07, 6.45) is -46.1. The summed E-state index contributed by atoms with van der Waals surface area (Å²) in [5, 5.41) is 177. The minimum atomic E-state index is -2.07. The molecule has 36 atom stereocenters. The van der Waals surface area contributed by atoms with Crippen molar-refractivity contribution < 1.29 is 153 Å². The number of ether oxygens (including phenoxy) is 13. The van der Waals surface area contributed by atoms with E-state index in [1.165, 1.54) is 12.5 Å². The van der Waals surface area contributed by atoms with E-state index in [0.29, 0.717) is 51.4 Å². The largest absolute Gasteiger partial charge is 0.396 e. The van der Waals surface area contributed by atoms with Gasteiger partial charge in [-0.1, -0.05) is 45.8 Å². The smallest absolute Gasteiger partial charge is 0.187 e. The number of rotatable bonds is 17. The molecular formula is C62H98O31. The van der Waals surface area contributed by atoms with Gasteiger partial charge in [0.15, 0.2) is 43.5 Å². The number of hydrogen-bond donors (Lipinski definition) is 16. The highest BCUT2D eigenvalue weighted by Crippen LogP contribution is 2.74. The SMILES string of the molecule is CCC(=O)[C@@H]1C[C@@H](C)[C@]2(CC(=O)[C@@]3(C)C4=C(CC[C@@]32C)[C@@]2(C)CC[C@H](O[C@@H]3O[C@H](CO[C@@H]5OC[C@H](O)[C@H](O)[C@H]5O[C@@H]5O[C@H](CO)[C@@H](O)[C@H](O[C@@H]6OC[C@H](O)[C@H](O)[C@H]6O[C@@H]6OC[C@@H](O)[C@H](O)[C@H]6O)[C@H]5O[C@@H]5O[C@@H](C)[C@H](O)[C@@H](O)[C@H]5O)[C@@H](O)[C@H](O)[C@H]3O)[C@](C)(CO)[C@@H]2CC4)O1. The molecule has 93 heavy (non-hydrogen) atoms. The number of allylic oxidation sites excluding steroid dienone is 2. The highest BCUT2D eigenvalue weighted by Gasteiger charge is 2.75. The number of carbonyl (C=O) groups excluding carboxylic acids is 2. The minimum absolute atomic E-state index is 0.0259. The first-order valence-electron chi connectivity index (χ1n) is 32.8. The Kier molecular flexibility index (Phi) is 21.3. The third-order valence-electron chi connectivity index (χ3n) is 23.7. The van der Waals surface area contributed by atoms with Crippen molar-refractivity contribution >= 4 is 11.6 Å². The van der Waals surface area contributed by atoms with Crippen LogP contribution in [-0.2, 0) is 71.2 Å². The summed E-state index contributed by atoms with van der Waals surface area (Å²) in [5.74, 6) is -0.106. The fourth-order valence-electron chi connectivity index (χ4n) is 17.7. The maximum absolute atomic E-state index is 14.8. The predicted molar refractivity (Wildman–Crippen MR) is 306 cm³/mol. The highest BCUT2D eigenvalue weighted by atomic mass is 16.8. The summed E-state index contributed by atoms with van der Waals surface area (Å²) < 4.78 is 79.2. The van der Waals surface area contributed by atoms with Crippen LogP contribution in [0.4, 0.5) is 0 Å². The highest BCUT2D eigenvalue weighted by molar-refractivity contribution is 5.94. The molecule has 16 N–H and O–H groups in total. The van der Waals surface area contributed by atoms with Gasteiger partial charge in [0.05, 0.1) is 62.9 Å². The van der Waals surface area contributed by atoms with Crippen molar-refractivity contribution in [3.8, 4) is 0 Å². The molecule has 7 heterocycles. The summed E-state index contributed by atoms with van der Waals surface area (Å²) >= 11 is 0. The van der Waals surface area contributed by atoms with Crippen molar-refractivity contribution in [1.82, 2.24) is 0 Å². The molecule has 7 saturated heterocycles. The number of ketones is 2. The molecule has 31 nitrogen and oxygen atoms in total. The van der Waals surface area contributed by atoms with Crippen LogP contribution in [0, 0.1) is 33.5 Å². The monoisotopic (exact) mass is 1340 g/mol. The van der Waals surface area contributed by atoms with Crippen LogP contribution in [0.25, 0.3) is 0 Å². The van der Waals surface area contributed by atoms with Crippen LogP contribution in [-0.4, -0.2) is 317 Å². The summed E-state index contributed by atoms with van der Waals surface area (Å²) in [6, 6.07) is 0. The molecule has 0 aromatic rings. The Bertz CT molecular complexity index is 2660. The van der Waals surface area contributed by atoms with Crippen molar-refractivity contribution in [2.45, 2.75) is 290 Å². The van der Waals surface area contributed by atoms with E-state index < -0.39 is 238 Å². The van der Waals surface area contributed by atoms with E-state index in [1.807, 2.05) is 13.8 Å². The van der Waals surface area contributed by atoms with Crippen LogP contribution in [0.1, 0.15) is 106 Å². The van der Waals surface area contributed by atoms with Crippen LogP contribution in [0.2, 0.25) is 0 Å². The van der Waals surface area contributed by atoms with Gasteiger partial charge in [-0.05, 0) is 76.0 Å². The van der Waals surface area contributed by atoms with E-state index in [9.17, 15) is 91.3 Å². The third-order valence-corrected chi connectivity index (χ3v) is 23.7. The van der Waals surface area contributed by atoms with Crippen LogP contribution in [0.3, 0.4) is 0 Å². The number of aliphatic hydroxyl groups is 16. The molecule has 0 aromatic carbocycles. The molecule has 11 aliphatic rings. The van der Waals surface area contributed by atoms with Gasteiger partial charge in [-0.2, -0.15) is 0 Å². The Morgan fingerprint density at radius 1 is 0.548 bits per heavy atom. The second kappa shape index (κ2) is 27.5. The van der Waals surface area contributed by atoms with E-state index in [2.05, 4.69) is 27.7 Å². The zero-order valence-corrected chi connectivity index (χ0v) is 53.3. The van der Waals surface area contributed by atoms with Crippen molar-refractivity contribution in [2.75, 3.05) is 39.6 Å². The standard InChI is InChI=1S/C62H98O31/c1-8-27(65)31-15-23(2)62(93-31)16-35(69)61(7)26-9-10-34-58(4,25(26)11-14-60(61,62)6)13-12-36(59(34,5)22-64)88-54-47(80)44(77)41(74)33(87-54)21-84-55-49(39(72)29(67)19-82-55)91-57-51(92-53-46(79)43(76)37(70)24(3)85-53)48(42(75)32(17-63)86-57)89-56-50(40(73)30(68)20-83-56)90-52-45(78)38(71)28(66)18-81-52/h23-24,28-34,36-57,63-64,66-68,70-80H,8-22H2,1-7H3/t23-,24+,28-,29+,30+,31+,32-,33-,34-,36+,37+,38+,39+,40+,41-,42-,43-,44+,45-,46-,47-,48+,49-,50-,51-,52+,53+,54+,55+,56+,57+,58-,59-,60+,61-,62+/m1/s1. The zero-order chi connectivity index (χ0) is 67.5. The van der Waals surface area contributed by atoms with Gasteiger partial charge in [-0.3, -0.25) is 9.59 Å². The summed E-state index contributed by atoms with van der Waals surface area (Å²) in [4.78, 5) is 27.8. The lowest BCUT2D eigenvalue weighted by Crippen LogP contribution is -2.68. The lowest BCUT2D eigenvalue weighted by atomic mass is 9.42. The van der Waals surface area contributed by atoms with Gasteiger partial charge in [0.25, 0.3) is 0 Å². The maximum Gasteiger partial charge on any atom is 0.187 e. The number of fused-ring (bicyclic) bond motifs is 5. The van der Waals surface area contributed by atoms with E-state index in [4.69, 9.17) is 61.6 Å². The molecule has 7 aliphatic heterocycles. The fourth-order valence-corrected chi connectivity index (χ4v) is 17.7. The molecule has 0 unspecified atom stereocenters. The Balaban J connectivity index is 0.815. The van der Waals surface area contributed by atoms with Gasteiger partial charge in [-0.15, -0.1) is 0 Å². The quantitative estimate of drug-likeness (QED) is 0.0605. The maximum atomic E-state index is 14.8. The normalized spacial score (nSPS) is 54.4. The average molecular weight is 1340 g/mol. The van der Waals surface area contributed by atoms with Crippen LogP contribution in [0.15, 0.2) is 11.1 Å². The lowest BCUT2D eigenvalue weighted by Gasteiger charge is -2.63. The number of hydrogen-bond acceptors (Lipinski definition) is 31. The number of carbonyl (C=O) groups is 2. The van der Waals surface area contributed by atoms with E-state index in [0.717, 1.165) is 5.57 Å². The van der Waals surface area contributed by atoms with E-state index in [-0.39, 0.29) is 36.4 Å². The first kappa shape index (κ1) is 72.2. The van der Waals surface area contributed by atoms with E-state index in [1.54, 1.807) is 0 Å². The molecule has 0 radical (unpaired) electrons. The van der Waals surface area contributed by atoms with Crippen LogP contribution in [0.5, 0.6) is 0 Å². The second-order valence-corrected chi connectivity index (χ2v) is 28.7. The van der Waals surface area contributed by atoms with Crippen LogP contribution >= 0.6 is 0 Å². The number of aliphatic hydroxyl groups excluding tert-OH is 16. The van der Waals surface area contributed by atoms with Gasteiger partial charge in [-0.25, -0.2) is 0 Å². The second-order valence-electron chi connectivity index (χ2n) is 28.7. The van der Waals surface area contributed by atoms with Gasteiger partial charge in [0.2, 0.25) is 0 Å². The topological polar surface area (TPSA) is 478 Å². The molecular weight excluding hydrogens is 1240 g/mol. The Labute approximate surface area is 537 Å². The molecule has 532 valence electrons. The molecule has 0 bridgehead atoms. The van der Waals surface area contributed by atoms with Crippen molar-refractivity contribution in [3.63, 3.8) is 0 Å². The van der Waals surface area contributed by atoms with Crippen molar-refractivity contribution in [2.24, 2.45) is 33.5 Å². The van der Waals surface area contributed by atoms with Crippen molar-refractivity contribution in [3.05, 3.63) is 11.1 Å². The van der Waals surface area contributed by atoms with Gasteiger partial charge in [0.1, 0.15) is 134 Å². The summed E-state index contributed by atoms with van der Waals surface area (Å²) in [6.45, 7) is 9.68. The predicted octanol–water partition coefficient (Wildman–Crippen LogP) is -5.34. The molecule has 1 spiro atoms. The number of Topliss-reactive ketones (excluding diaryl/α,β-unsaturated/α-hetero) is 2. The first-order valence-corrected chi connectivity index (χ1v) is 32.8. The van der Waals surface area contributed by atoms with Gasteiger partial charge in [0, 0.05) is 23.7 Å². The molecule has 0 amide bonds. The van der Waals surface area contributed by atoms with Crippen LogP contribution < -0.4 is 0 Å². The summed E-state index contributed by atoms with van der Waals surface area (Å²) in [5.41, 5.74) is -1.48. The van der Waals surface area contributed by atoms with Crippen molar-refractivity contribution in [1.29, 1.82) is 0 Å². The molecule has 11 rings (SSSR count). The molecule has 9 fully saturated rings. The van der Waals surface area contributed by atoms with E-state index >= 15 is 0 Å². The first-order chi connectivity index (χ1) is 43.8. The van der Waals surface area contributed by atoms with Gasteiger partial charge < -0.3 is 143 Å². The molecule has 31 heteroatoms. The minimum Gasteiger partial charge on any atom is -0.396 e. The van der Waals surface area contributed by atoms with Gasteiger partial charge >= 0.3 is 0 Å². The lowest BCUT2D eigenvalue weighted by molar-refractivity contribution is -0.408. The zero-order valence-electron chi connectivity index (χ0n) is 53.3. The Morgan fingerprint density at radius 3 is 1.75 bits per heavy atom. The average Bonchev–Trinajstić information content (AvgIpc) is 1.56. The fraction of sp³-hybridized carbons (Fsp3) is 0.935. The summed E-state index contributed by atoms with van der Waals surface area (Å²) in [7, 11) is 0. The molecule has 0 aromatic heterocycles. The molecule has 2 saturated carbocycles. The molecule has 4 aliphatic carbocycles. The Hall–Kier alpha value is -2.08.